The summed E-state index contributed by atoms with van der Waals surface area (Å²) in [6, 6.07) is -0.391. The van der Waals surface area contributed by atoms with Crippen molar-refractivity contribution in [3.63, 3.8) is 0 Å². The molecule has 1 aliphatic carbocycles. The number of hydrogen-bond donors (Lipinski definition) is 2. The fraction of sp³-hybridized carbons (Fsp3) is 0.769. The number of likely N-dealkylation sites (tertiary alicyclic amines) is 1. The number of carbonyl (C=O) groups is 1. The molecular weight excluding hydrogens is 331 g/mol. The maximum absolute atomic E-state index is 12.3. The molecule has 0 spiro atoms. The van der Waals surface area contributed by atoms with Crippen molar-refractivity contribution in [2.75, 3.05) is 31.5 Å². The van der Waals surface area contributed by atoms with E-state index in [1.165, 1.54) is 16.2 Å². The first-order valence-corrected chi connectivity index (χ1v) is 8.38. The van der Waals surface area contributed by atoms with E-state index < -0.39 is 18.8 Å². The number of urea groups is 1. The molecule has 1 unspecified atom stereocenters. The molecule has 0 radical (unpaired) electrons. The van der Waals surface area contributed by atoms with Gasteiger partial charge in [-0.15, -0.1) is 10.2 Å². The van der Waals surface area contributed by atoms with Gasteiger partial charge in [-0.2, -0.15) is 13.2 Å². The Morgan fingerprint density at radius 3 is 2.78 bits per heavy atom. The third-order valence-electron chi connectivity index (χ3n) is 3.91. The van der Waals surface area contributed by atoms with Crippen LogP contribution in [0.4, 0.5) is 23.1 Å². The minimum Gasteiger partial charge on any atom is -0.337 e. The summed E-state index contributed by atoms with van der Waals surface area (Å²) >= 11 is 1.37. The molecule has 2 heterocycles. The van der Waals surface area contributed by atoms with Gasteiger partial charge in [-0.1, -0.05) is 11.3 Å². The van der Waals surface area contributed by atoms with Gasteiger partial charge in [0.15, 0.2) is 0 Å². The second kappa shape index (κ2) is 6.60. The minimum atomic E-state index is -4.17. The summed E-state index contributed by atoms with van der Waals surface area (Å²) in [7, 11) is 0. The summed E-state index contributed by atoms with van der Waals surface area (Å²) in [4.78, 5) is 13.2. The molecule has 1 aliphatic heterocycles. The molecule has 0 aromatic carbocycles. The van der Waals surface area contributed by atoms with Gasteiger partial charge in [0.1, 0.15) is 5.01 Å². The average Bonchev–Trinajstić information content (AvgIpc) is 3.05. The second-order valence-corrected chi connectivity index (χ2v) is 7.07. The SMILES string of the molecule is O=C(NCC1CCN(CC(F)(F)F)C1)Nc1nnc(C2CC2)s1. The van der Waals surface area contributed by atoms with E-state index in [9.17, 15) is 18.0 Å². The highest BCUT2D eigenvalue weighted by atomic mass is 32.1. The summed E-state index contributed by atoms with van der Waals surface area (Å²) in [6.07, 6.45) is -1.27. The lowest BCUT2D eigenvalue weighted by atomic mass is 10.1. The first-order valence-electron chi connectivity index (χ1n) is 7.56. The molecule has 0 bridgehead atoms. The van der Waals surface area contributed by atoms with Crippen LogP contribution in [0.2, 0.25) is 0 Å². The number of halogens is 3. The van der Waals surface area contributed by atoms with Crippen molar-refractivity contribution in [3.8, 4) is 0 Å². The van der Waals surface area contributed by atoms with E-state index in [2.05, 4.69) is 20.8 Å². The van der Waals surface area contributed by atoms with Gasteiger partial charge in [-0.3, -0.25) is 10.2 Å². The van der Waals surface area contributed by atoms with E-state index in [4.69, 9.17) is 0 Å². The van der Waals surface area contributed by atoms with Gasteiger partial charge >= 0.3 is 12.2 Å². The third-order valence-corrected chi connectivity index (χ3v) is 4.91. The van der Waals surface area contributed by atoms with Crippen LogP contribution in [0.5, 0.6) is 0 Å². The molecule has 1 aromatic heterocycles. The van der Waals surface area contributed by atoms with Crippen LogP contribution in [0.1, 0.15) is 30.2 Å². The van der Waals surface area contributed by atoms with Crippen LogP contribution in [0.3, 0.4) is 0 Å². The van der Waals surface area contributed by atoms with Gasteiger partial charge in [0.25, 0.3) is 0 Å². The second-order valence-electron chi connectivity index (χ2n) is 6.06. The lowest BCUT2D eigenvalue weighted by Crippen LogP contribution is -2.36. The molecule has 2 fully saturated rings. The van der Waals surface area contributed by atoms with Crippen LogP contribution >= 0.6 is 11.3 Å². The number of rotatable bonds is 5. The Morgan fingerprint density at radius 1 is 1.30 bits per heavy atom. The van der Waals surface area contributed by atoms with E-state index in [0.29, 0.717) is 37.1 Å². The molecule has 2 N–H and O–H groups in total. The van der Waals surface area contributed by atoms with E-state index in [1.54, 1.807) is 0 Å². The van der Waals surface area contributed by atoms with Crippen LogP contribution in [-0.4, -0.2) is 53.5 Å². The zero-order valence-electron chi connectivity index (χ0n) is 12.4. The van der Waals surface area contributed by atoms with Crippen molar-refractivity contribution in [3.05, 3.63) is 5.01 Å². The largest absolute Gasteiger partial charge is 0.401 e. The topological polar surface area (TPSA) is 70.2 Å². The Hall–Kier alpha value is -1.42. The predicted molar refractivity (Wildman–Crippen MR) is 79.5 cm³/mol. The molecule has 128 valence electrons. The molecule has 1 saturated heterocycles. The summed E-state index contributed by atoms with van der Waals surface area (Å²) in [5.74, 6) is 0.531. The molecule has 23 heavy (non-hydrogen) atoms. The number of hydrogen-bond acceptors (Lipinski definition) is 5. The van der Waals surface area contributed by atoms with Gasteiger partial charge in [0, 0.05) is 19.0 Å². The Kier molecular flexibility index (Phi) is 4.72. The zero-order valence-corrected chi connectivity index (χ0v) is 13.2. The lowest BCUT2D eigenvalue weighted by molar-refractivity contribution is -0.143. The quantitative estimate of drug-likeness (QED) is 0.857. The molecule has 3 rings (SSSR count). The Labute approximate surface area is 135 Å². The van der Waals surface area contributed by atoms with Gasteiger partial charge in [-0.25, -0.2) is 4.79 Å². The third kappa shape index (κ3) is 5.03. The molecular formula is C13H18F3N5OS. The first-order chi connectivity index (χ1) is 10.9. The van der Waals surface area contributed by atoms with Crippen LogP contribution in [0.15, 0.2) is 0 Å². The monoisotopic (exact) mass is 349 g/mol. The van der Waals surface area contributed by atoms with E-state index in [-0.39, 0.29) is 5.92 Å². The van der Waals surface area contributed by atoms with Gasteiger partial charge in [-0.05, 0) is 31.7 Å². The van der Waals surface area contributed by atoms with E-state index in [0.717, 1.165) is 17.8 Å². The van der Waals surface area contributed by atoms with Crippen LogP contribution in [0, 0.1) is 5.92 Å². The minimum absolute atomic E-state index is 0.0412. The molecule has 1 aromatic rings. The fourth-order valence-corrected chi connectivity index (χ4v) is 3.54. The fourth-order valence-electron chi connectivity index (χ4n) is 2.64. The summed E-state index contributed by atoms with van der Waals surface area (Å²) in [5.41, 5.74) is 0. The highest BCUT2D eigenvalue weighted by Gasteiger charge is 2.34. The van der Waals surface area contributed by atoms with Crippen molar-refractivity contribution in [2.45, 2.75) is 31.4 Å². The Bertz CT molecular complexity index is 560. The summed E-state index contributed by atoms with van der Waals surface area (Å²) < 4.78 is 37.0. The Morgan fingerprint density at radius 2 is 2.09 bits per heavy atom. The van der Waals surface area contributed by atoms with Crippen molar-refractivity contribution < 1.29 is 18.0 Å². The van der Waals surface area contributed by atoms with Crippen molar-refractivity contribution in [2.24, 2.45) is 5.92 Å². The highest BCUT2D eigenvalue weighted by molar-refractivity contribution is 7.15. The van der Waals surface area contributed by atoms with Gasteiger partial charge in [0.2, 0.25) is 5.13 Å². The van der Waals surface area contributed by atoms with Gasteiger partial charge in [0.05, 0.1) is 6.54 Å². The van der Waals surface area contributed by atoms with Crippen LogP contribution in [0.25, 0.3) is 0 Å². The Balaban J connectivity index is 1.37. The number of alkyl halides is 3. The number of carbonyl (C=O) groups excluding carboxylic acids is 1. The van der Waals surface area contributed by atoms with Crippen LogP contribution in [-0.2, 0) is 0 Å². The number of nitrogens with zero attached hydrogens (tertiary/aromatic N) is 3. The lowest BCUT2D eigenvalue weighted by Gasteiger charge is -2.17. The predicted octanol–water partition coefficient (Wildman–Crippen LogP) is 2.42. The average molecular weight is 349 g/mol. The molecule has 1 atom stereocenters. The van der Waals surface area contributed by atoms with Gasteiger partial charge < -0.3 is 5.32 Å². The number of amides is 2. The highest BCUT2D eigenvalue weighted by Crippen LogP contribution is 2.42. The molecule has 2 amide bonds. The first kappa shape index (κ1) is 16.4. The molecule has 6 nitrogen and oxygen atoms in total. The molecule has 10 heteroatoms. The normalized spacial score (nSPS) is 22.3. The summed E-state index contributed by atoms with van der Waals surface area (Å²) in [5, 5.41) is 14.6. The standard InChI is InChI=1S/C13H18F3N5OS/c14-13(15,16)7-21-4-3-8(6-21)5-17-11(22)18-12-20-19-10(23-12)9-1-2-9/h8-9H,1-7H2,(H2,17,18,20,22). The van der Waals surface area contributed by atoms with Crippen molar-refractivity contribution in [1.29, 1.82) is 0 Å². The molecule has 1 saturated carbocycles. The maximum atomic E-state index is 12.3. The van der Waals surface area contributed by atoms with Crippen LogP contribution < -0.4 is 10.6 Å². The maximum Gasteiger partial charge on any atom is 0.401 e. The zero-order chi connectivity index (χ0) is 16.4. The van der Waals surface area contributed by atoms with Crippen molar-refractivity contribution >= 4 is 22.5 Å². The number of aromatic nitrogens is 2. The number of anilines is 1. The summed E-state index contributed by atoms with van der Waals surface area (Å²) in [6.45, 7) is 0.234. The number of nitrogens with one attached hydrogen (secondary N) is 2. The van der Waals surface area contributed by atoms with E-state index >= 15 is 0 Å². The van der Waals surface area contributed by atoms with E-state index in [1.807, 2.05) is 0 Å². The smallest absolute Gasteiger partial charge is 0.337 e. The molecule has 2 aliphatic rings. The van der Waals surface area contributed by atoms with Crippen molar-refractivity contribution in [1.82, 2.24) is 20.4 Å².